The second kappa shape index (κ2) is 3.56. The van der Waals surface area contributed by atoms with Crippen molar-refractivity contribution < 1.29 is 0 Å². The summed E-state index contributed by atoms with van der Waals surface area (Å²) in [4.78, 5) is 4.17. The summed E-state index contributed by atoms with van der Waals surface area (Å²) >= 11 is 0. The summed E-state index contributed by atoms with van der Waals surface area (Å²) in [7, 11) is 0. The van der Waals surface area contributed by atoms with Gasteiger partial charge in [0.1, 0.15) is 5.65 Å². The van der Waals surface area contributed by atoms with E-state index < -0.39 is 0 Å². The molecule has 2 heterocycles. The van der Waals surface area contributed by atoms with Crippen molar-refractivity contribution in [2.24, 2.45) is 5.73 Å². The molecule has 2 N–H and O–H groups in total. The van der Waals surface area contributed by atoms with Gasteiger partial charge in [-0.3, -0.25) is 0 Å². The Hall–Kier alpha value is -1.06. The van der Waals surface area contributed by atoms with Gasteiger partial charge in [0, 0.05) is 30.7 Å². The molecule has 0 bridgehead atoms. The molecule has 4 heteroatoms. The highest BCUT2D eigenvalue weighted by Crippen LogP contribution is 2.06. The SMILES string of the molecule is Cl.NCc1cccn2ccnc12. The summed E-state index contributed by atoms with van der Waals surface area (Å²) < 4.78 is 1.96. The Bertz CT molecular complexity index is 369. The molecule has 64 valence electrons. The fourth-order valence-corrected chi connectivity index (χ4v) is 1.17. The molecule has 0 aliphatic carbocycles. The Morgan fingerprint density at radius 2 is 2.25 bits per heavy atom. The molecule has 0 atom stereocenters. The number of pyridine rings is 1. The highest BCUT2D eigenvalue weighted by Gasteiger charge is 1.97. The van der Waals surface area contributed by atoms with E-state index in [1.165, 1.54) is 0 Å². The van der Waals surface area contributed by atoms with Gasteiger partial charge in [0.25, 0.3) is 0 Å². The number of hydrogen-bond acceptors (Lipinski definition) is 2. The van der Waals surface area contributed by atoms with Gasteiger partial charge in [0.05, 0.1) is 0 Å². The largest absolute Gasteiger partial charge is 0.326 e. The normalized spacial score (nSPS) is 9.75. The first-order valence-corrected chi connectivity index (χ1v) is 3.52. The number of nitrogens with zero attached hydrogens (tertiary/aromatic N) is 2. The van der Waals surface area contributed by atoms with E-state index in [2.05, 4.69) is 4.98 Å². The van der Waals surface area contributed by atoms with Crippen LogP contribution in [0.25, 0.3) is 5.65 Å². The Labute approximate surface area is 76.6 Å². The molecule has 0 aromatic carbocycles. The van der Waals surface area contributed by atoms with Crippen molar-refractivity contribution in [3.63, 3.8) is 0 Å². The average Bonchev–Trinajstić information content (AvgIpc) is 2.50. The summed E-state index contributed by atoms with van der Waals surface area (Å²) in [6, 6.07) is 3.96. The summed E-state index contributed by atoms with van der Waals surface area (Å²) in [5.74, 6) is 0. The highest BCUT2D eigenvalue weighted by molar-refractivity contribution is 5.85. The van der Waals surface area contributed by atoms with Gasteiger partial charge in [-0.15, -0.1) is 12.4 Å². The van der Waals surface area contributed by atoms with Crippen molar-refractivity contribution in [1.82, 2.24) is 9.38 Å². The minimum atomic E-state index is 0. The predicted octanol–water partition coefficient (Wildman–Crippen LogP) is 1.21. The predicted molar refractivity (Wildman–Crippen MR) is 50.3 cm³/mol. The van der Waals surface area contributed by atoms with Crippen LogP contribution in [0.5, 0.6) is 0 Å². The van der Waals surface area contributed by atoms with Crippen molar-refractivity contribution in [1.29, 1.82) is 0 Å². The van der Waals surface area contributed by atoms with Crippen LogP contribution < -0.4 is 5.73 Å². The Kier molecular flexibility index (Phi) is 2.68. The van der Waals surface area contributed by atoms with Crippen molar-refractivity contribution in [3.05, 3.63) is 36.3 Å². The maximum Gasteiger partial charge on any atom is 0.141 e. The van der Waals surface area contributed by atoms with Gasteiger partial charge in [0.15, 0.2) is 0 Å². The Morgan fingerprint density at radius 1 is 1.42 bits per heavy atom. The fourth-order valence-electron chi connectivity index (χ4n) is 1.17. The van der Waals surface area contributed by atoms with Gasteiger partial charge in [-0.05, 0) is 6.07 Å². The van der Waals surface area contributed by atoms with Gasteiger partial charge in [-0.1, -0.05) is 6.07 Å². The zero-order valence-corrected chi connectivity index (χ0v) is 7.29. The van der Waals surface area contributed by atoms with E-state index in [0.29, 0.717) is 6.54 Å². The third-order valence-corrected chi connectivity index (χ3v) is 1.72. The van der Waals surface area contributed by atoms with Gasteiger partial charge in [-0.2, -0.15) is 0 Å². The lowest BCUT2D eigenvalue weighted by Gasteiger charge is -1.97. The quantitative estimate of drug-likeness (QED) is 0.723. The van der Waals surface area contributed by atoms with Crippen LogP contribution >= 0.6 is 12.4 Å². The maximum atomic E-state index is 5.52. The van der Waals surface area contributed by atoms with E-state index in [-0.39, 0.29) is 12.4 Å². The number of nitrogens with two attached hydrogens (primary N) is 1. The van der Waals surface area contributed by atoms with Crippen molar-refractivity contribution in [3.8, 4) is 0 Å². The highest BCUT2D eigenvalue weighted by atomic mass is 35.5. The van der Waals surface area contributed by atoms with E-state index in [9.17, 15) is 0 Å². The van der Waals surface area contributed by atoms with E-state index in [0.717, 1.165) is 11.2 Å². The van der Waals surface area contributed by atoms with E-state index in [1.807, 2.05) is 28.9 Å². The minimum Gasteiger partial charge on any atom is -0.326 e. The molecule has 0 saturated heterocycles. The third kappa shape index (κ3) is 1.29. The molecule has 0 fully saturated rings. The van der Waals surface area contributed by atoms with E-state index in [4.69, 9.17) is 5.73 Å². The number of imidazole rings is 1. The lowest BCUT2D eigenvalue weighted by atomic mass is 10.3. The molecule has 0 aliphatic rings. The first kappa shape index (κ1) is 9.03. The van der Waals surface area contributed by atoms with Gasteiger partial charge >= 0.3 is 0 Å². The number of rotatable bonds is 1. The molecule has 0 aliphatic heterocycles. The maximum absolute atomic E-state index is 5.52. The molecule has 0 amide bonds. The fraction of sp³-hybridized carbons (Fsp3) is 0.125. The van der Waals surface area contributed by atoms with E-state index >= 15 is 0 Å². The van der Waals surface area contributed by atoms with Crippen LogP contribution in [-0.4, -0.2) is 9.38 Å². The smallest absolute Gasteiger partial charge is 0.141 e. The molecule has 2 aromatic rings. The number of aromatic nitrogens is 2. The van der Waals surface area contributed by atoms with Gasteiger partial charge in [-0.25, -0.2) is 4.98 Å². The van der Waals surface area contributed by atoms with Crippen LogP contribution in [0, 0.1) is 0 Å². The molecule has 2 aromatic heterocycles. The second-order valence-corrected chi connectivity index (χ2v) is 2.40. The third-order valence-electron chi connectivity index (χ3n) is 1.72. The summed E-state index contributed by atoms with van der Waals surface area (Å²) in [6.07, 6.45) is 5.64. The molecule has 12 heavy (non-hydrogen) atoms. The first-order valence-electron chi connectivity index (χ1n) is 3.52. The van der Waals surface area contributed by atoms with Crippen molar-refractivity contribution >= 4 is 18.1 Å². The molecular weight excluding hydrogens is 174 g/mol. The number of halogens is 1. The molecule has 0 radical (unpaired) electrons. The number of hydrogen-bond donors (Lipinski definition) is 1. The van der Waals surface area contributed by atoms with Crippen LogP contribution in [0.1, 0.15) is 5.56 Å². The molecule has 3 nitrogen and oxygen atoms in total. The molecule has 0 saturated carbocycles. The molecule has 0 unspecified atom stereocenters. The lowest BCUT2D eigenvalue weighted by molar-refractivity contribution is 1.04. The zero-order valence-electron chi connectivity index (χ0n) is 6.47. The van der Waals surface area contributed by atoms with Crippen LogP contribution in [0.4, 0.5) is 0 Å². The van der Waals surface area contributed by atoms with Gasteiger partial charge in [0.2, 0.25) is 0 Å². The van der Waals surface area contributed by atoms with Crippen LogP contribution in [0.3, 0.4) is 0 Å². The standard InChI is InChI=1S/C8H9N3.ClH/c9-6-7-2-1-4-11-5-3-10-8(7)11;/h1-5H,6,9H2;1H. The van der Waals surface area contributed by atoms with Crippen molar-refractivity contribution in [2.75, 3.05) is 0 Å². The van der Waals surface area contributed by atoms with Crippen LogP contribution in [-0.2, 0) is 6.54 Å². The molecule has 0 spiro atoms. The topological polar surface area (TPSA) is 43.3 Å². The van der Waals surface area contributed by atoms with Crippen molar-refractivity contribution in [2.45, 2.75) is 6.54 Å². The Balaban J connectivity index is 0.000000720. The Morgan fingerprint density at radius 3 is 3.00 bits per heavy atom. The van der Waals surface area contributed by atoms with Gasteiger partial charge < -0.3 is 10.1 Å². The number of fused-ring (bicyclic) bond motifs is 1. The molecular formula is C8H10ClN3. The summed E-state index contributed by atoms with van der Waals surface area (Å²) in [5.41, 5.74) is 7.56. The second-order valence-electron chi connectivity index (χ2n) is 2.40. The van der Waals surface area contributed by atoms with Crippen LogP contribution in [0.2, 0.25) is 0 Å². The monoisotopic (exact) mass is 183 g/mol. The summed E-state index contributed by atoms with van der Waals surface area (Å²) in [6.45, 7) is 0.543. The molecule has 2 rings (SSSR count). The lowest BCUT2D eigenvalue weighted by Crippen LogP contribution is -1.99. The first-order chi connectivity index (χ1) is 5.42. The zero-order chi connectivity index (χ0) is 7.68. The average molecular weight is 184 g/mol. The van der Waals surface area contributed by atoms with Crippen LogP contribution in [0.15, 0.2) is 30.7 Å². The van der Waals surface area contributed by atoms with E-state index in [1.54, 1.807) is 6.20 Å². The minimum absolute atomic E-state index is 0. The summed E-state index contributed by atoms with van der Waals surface area (Å²) in [5, 5.41) is 0.